The van der Waals surface area contributed by atoms with Crippen LogP contribution in [0.3, 0.4) is 0 Å². The lowest BCUT2D eigenvalue weighted by atomic mass is 10.2. The van der Waals surface area contributed by atoms with Gasteiger partial charge in [-0.1, -0.05) is 11.6 Å². The third-order valence-corrected chi connectivity index (χ3v) is 3.05. The predicted molar refractivity (Wildman–Crippen MR) is 54.4 cm³/mol. The second-order valence-electron chi connectivity index (χ2n) is 2.82. The van der Waals surface area contributed by atoms with E-state index in [0.29, 0.717) is 12.1 Å². The summed E-state index contributed by atoms with van der Waals surface area (Å²) in [5.41, 5.74) is 0.550. The molecule has 74 valence electrons. The molecule has 2 N–H and O–H groups in total. The number of hydrogen-bond acceptors (Lipinski definition) is 4. The van der Waals surface area contributed by atoms with E-state index in [1.54, 1.807) is 0 Å². The van der Waals surface area contributed by atoms with E-state index in [-0.39, 0.29) is 0 Å². The molecule has 2 aromatic rings. The van der Waals surface area contributed by atoms with Crippen LogP contribution in [0.5, 0.6) is 0 Å². The van der Waals surface area contributed by atoms with Crippen LogP contribution in [0.25, 0.3) is 0 Å². The molecule has 0 saturated heterocycles. The summed E-state index contributed by atoms with van der Waals surface area (Å²) in [5, 5.41) is 19.6. The van der Waals surface area contributed by atoms with Crippen LogP contribution in [0.2, 0.25) is 4.34 Å². The van der Waals surface area contributed by atoms with Crippen molar-refractivity contribution in [1.82, 2.24) is 15.4 Å². The Morgan fingerprint density at radius 1 is 1.57 bits per heavy atom. The monoisotopic (exact) mass is 229 g/mol. The number of rotatable bonds is 3. The number of thiophene rings is 1. The number of aromatic amines is 1. The van der Waals surface area contributed by atoms with E-state index in [0.717, 1.165) is 9.21 Å². The average molecular weight is 230 g/mol. The molecule has 0 aromatic carbocycles. The fourth-order valence-corrected chi connectivity index (χ4v) is 2.25. The van der Waals surface area contributed by atoms with Crippen molar-refractivity contribution in [3.63, 3.8) is 0 Å². The van der Waals surface area contributed by atoms with Crippen molar-refractivity contribution in [1.29, 1.82) is 0 Å². The van der Waals surface area contributed by atoms with Gasteiger partial charge in [0, 0.05) is 11.3 Å². The second kappa shape index (κ2) is 4.08. The molecule has 0 fully saturated rings. The molecular weight excluding hydrogens is 222 g/mol. The van der Waals surface area contributed by atoms with Crippen LogP contribution in [-0.2, 0) is 6.42 Å². The van der Waals surface area contributed by atoms with Crippen molar-refractivity contribution >= 4 is 22.9 Å². The summed E-state index contributed by atoms with van der Waals surface area (Å²) in [5.74, 6) is 0. The highest BCUT2D eigenvalue weighted by Crippen LogP contribution is 2.25. The summed E-state index contributed by atoms with van der Waals surface area (Å²) >= 11 is 7.23. The molecule has 0 aliphatic heterocycles. The summed E-state index contributed by atoms with van der Waals surface area (Å²) in [6.45, 7) is 0. The van der Waals surface area contributed by atoms with Gasteiger partial charge in [0.15, 0.2) is 0 Å². The minimum atomic E-state index is -0.622. The van der Waals surface area contributed by atoms with Crippen LogP contribution in [-0.4, -0.2) is 20.5 Å². The third-order valence-electron chi connectivity index (χ3n) is 1.80. The number of nitrogens with one attached hydrogen (secondary N) is 1. The summed E-state index contributed by atoms with van der Waals surface area (Å²) < 4.78 is 0.729. The van der Waals surface area contributed by atoms with Crippen molar-refractivity contribution < 1.29 is 5.11 Å². The topological polar surface area (TPSA) is 61.8 Å². The number of halogens is 1. The van der Waals surface area contributed by atoms with E-state index in [2.05, 4.69) is 15.4 Å². The number of aliphatic hydroxyl groups is 1. The molecule has 6 heteroatoms. The van der Waals surface area contributed by atoms with Gasteiger partial charge in [0.2, 0.25) is 0 Å². The van der Waals surface area contributed by atoms with E-state index in [1.165, 1.54) is 17.5 Å². The van der Waals surface area contributed by atoms with Crippen LogP contribution in [0.4, 0.5) is 0 Å². The number of aliphatic hydroxyl groups excluding tert-OH is 1. The molecule has 0 amide bonds. The summed E-state index contributed by atoms with van der Waals surface area (Å²) in [6, 6.07) is 3.72. The van der Waals surface area contributed by atoms with E-state index in [1.807, 2.05) is 12.1 Å². The molecule has 0 radical (unpaired) electrons. The van der Waals surface area contributed by atoms with E-state index in [9.17, 15) is 5.11 Å². The lowest BCUT2D eigenvalue weighted by Gasteiger charge is -2.03. The lowest BCUT2D eigenvalue weighted by molar-refractivity contribution is 0.174. The van der Waals surface area contributed by atoms with Gasteiger partial charge in [-0.05, 0) is 12.1 Å². The zero-order chi connectivity index (χ0) is 9.97. The van der Waals surface area contributed by atoms with Gasteiger partial charge in [-0.15, -0.1) is 11.3 Å². The van der Waals surface area contributed by atoms with Crippen molar-refractivity contribution in [2.75, 3.05) is 0 Å². The first-order valence-corrected chi connectivity index (χ1v) is 5.23. The molecule has 4 nitrogen and oxygen atoms in total. The maximum atomic E-state index is 9.71. The van der Waals surface area contributed by atoms with Gasteiger partial charge in [0.25, 0.3) is 0 Å². The maximum Gasteiger partial charge on any atom is 0.111 e. The van der Waals surface area contributed by atoms with Gasteiger partial charge in [-0.3, -0.25) is 0 Å². The quantitative estimate of drug-likeness (QED) is 0.844. The largest absolute Gasteiger partial charge is 0.386 e. The van der Waals surface area contributed by atoms with Crippen LogP contribution in [0, 0.1) is 0 Å². The van der Waals surface area contributed by atoms with Crippen LogP contribution in [0.15, 0.2) is 18.3 Å². The number of aromatic nitrogens is 3. The first-order valence-electron chi connectivity index (χ1n) is 4.03. The predicted octanol–water partition coefficient (Wildman–Crippen LogP) is 1.80. The summed E-state index contributed by atoms with van der Waals surface area (Å²) in [6.07, 6.45) is 1.41. The summed E-state index contributed by atoms with van der Waals surface area (Å²) in [7, 11) is 0. The lowest BCUT2D eigenvalue weighted by Crippen LogP contribution is -2.00. The maximum absolute atomic E-state index is 9.71. The molecule has 0 spiro atoms. The Hall–Kier alpha value is -0.910. The van der Waals surface area contributed by atoms with Gasteiger partial charge < -0.3 is 5.11 Å². The molecular formula is C8H8ClN3OS. The Morgan fingerprint density at radius 2 is 2.43 bits per heavy atom. The molecule has 0 bridgehead atoms. The minimum Gasteiger partial charge on any atom is -0.386 e. The summed E-state index contributed by atoms with van der Waals surface area (Å²) in [4.78, 5) is 1.03. The third kappa shape index (κ3) is 2.12. The van der Waals surface area contributed by atoms with Crippen LogP contribution < -0.4 is 0 Å². The van der Waals surface area contributed by atoms with Gasteiger partial charge in [0.05, 0.1) is 10.5 Å². The normalized spacial score (nSPS) is 13.0. The Labute approximate surface area is 89.5 Å². The number of nitrogens with zero attached hydrogens (tertiary/aromatic N) is 2. The molecule has 1 unspecified atom stereocenters. The van der Waals surface area contributed by atoms with Crippen LogP contribution >= 0.6 is 22.9 Å². The zero-order valence-electron chi connectivity index (χ0n) is 7.14. The van der Waals surface area contributed by atoms with Gasteiger partial charge in [0.1, 0.15) is 11.8 Å². The fourth-order valence-electron chi connectivity index (χ4n) is 1.13. The molecule has 2 aromatic heterocycles. The highest BCUT2D eigenvalue weighted by Gasteiger charge is 2.12. The first kappa shape index (κ1) is 9.64. The Morgan fingerprint density at radius 3 is 3.00 bits per heavy atom. The average Bonchev–Trinajstić information content (AvgIpc) is 2.75. The van der Waals surface area contributed by atoms with Crippen molar-refractivity contribution in [3.8, 4) is 0 Å². The fraction of sp³-hybridized carbons (Fsp3) is 0.250. The highest BCUT2D eigenvalue weighted by molar-refractivity contribution is 7.16. The molecule has 0 aliphatic carbocycles. The molecule has 0 saturated carbocycles. The Balaban J connectivity index is 2.05. The number of H-pyrrole nitrogens is 1. The molecule has 14 heavy (non-hydrogen) atoms. The van der Waals surface area contributed by atoms with Gasteiger partial charge >= 0.3 is 0 Å². The second-order valence-corrected chi connectivity index (χ2v) is 4.62. The van der Waals surface area contributed by atoms with Crippen molar-refractivity contribution in [2.45, 2.75) is 12.5 Å². The minimum absolute atomic E-state index is 0.518. The highest BCUT2D eigenvalue weighted by atomic mass is 35.5. The molecule has 0 aliphatic rings. The Bertz CT molecular complexity index is 400. The van der Waals surface area contributed by atoms with Gasteiger partial charge in [-0.2, -0.15) is 15.4 Å². The van der Waals surface area contributed by atoms with E-state index in [4.69, 9.17) is 11.6 Å². The smallest absolute Gasteiger partial charge is 0.111 e. The number of hydrogen-bond donors (Lipinski definition) is 2. The van der Waals surface area contributed by atoms with Crippen LogP contribution in [0.1, 0.15) is 16.7 Å². The molecule has 2 heterocycles. The van der Waals surface area contributed by atoms with Crippen molar-refractivity contribution in [3.05, 3.63) is 33.2 Å². The molecule has 2 rings (SSSR count). The van der Waals surface area contributed by atoms with E-state index >= 15 is 0 Å². The van der Waals surface area contributed by atoms with Crippen molar-refractivity contribution in [2.24, 2.45) is 0 Å². The SMILES string of the molecule is OC(Cc1ccc(Cl)s1)c1cn[nH]n1. The zero-order valence-corrected chi connectivity index (χ0v) is 8.72. The van der Waals surface area contributed by atoms with Gasteiger partial charge in [-0.25, -0.2) is 0 Å². The standard InChI is InChI=1S/C8H8ClN3OS/c9-8-2-1-5(14-8)3-7(13)6-4-10-12-11-6/h1-2,4,7,13H,3H2,(H,10,11,12). The van der Waals surface area contributed by atoms with E-state index < -0.39 is 6.10 Å². The first-order chi connectivity index (χ1) is 6.75. The Kier molecular flexibility index (Phi) is 2.81. The molecule has 1 atom stereocenters.